The number of hydrogen-bond donors (Lipinski definition) is 0. The van der Waals surface area contributed by atoms with Crippen LogP contribution in [-0.2, 0) is 0 Å². The molecule has 3 unspecified atom stereocenters. The Hall–Kier alpha value is -1.03. The van der Waals surface area contributed by atoms with Crippen molar-refractivity contribution >= 4 is 21.7 Å². The highest BCUT2D eigenvalue weighted by Crippen LogP contribution is 2.50. The van der Waals surface area contributed by atoms with Gasteiger partial charge in [0.15, 0.2) is 5.78 Å². The third kappa shape index (κ3) is 2.70. The van der Waals surface area contributed by atoms with Crippen molar-refractivity contribution in [3.8, 4) is 11.5 Å². The van der Waals surface area contributed by atoms with Crippen molar-refractivity contribution in [2.75, 3.05) is 14.2 Å². The molecule has 3 atom stereocenters. The summed E-state index contributed by atoms with van der Waals surface area (Å²) in [6, 6.07) is 3.64. The molecule has 0 aliphatic heterocycles. The van der Waals surface area contributed by atoms with Crippen LogP contribution in [0.2, 0.25) is 0 Å². The van der Waals surface area contributed by atoms with Crippen LogP contribution >= 0.6 is 15.9 Å². The van der Waals surface area contributed by atoms with Gasteiger partial charge in [0.05, 0.1) is 19.8 Å². The van der Waals surface area contributed by atoms with Crippen LogP contribution in [0.1, 0.15) is 42.5 Å². The smallest absolute Gasteiger partial charge is 0.166 e. The lowest BCUT2D eigenvalue weighted by Crippen LogP contribution is -2.16. The number of ether oxygens (including phenoxy) is 2. The summed E-state index contributed by atoms with van der Waals surface area (Å²) in [5, 5.41) is 0. The van der Waals surface area contributed by atoms with Gasteiger partial charge in [0.25, 0.3) is 0 Å². The molecule has 1 aromatic carbocycles. The average Bonchev–Trinajstić information content (AvgIpc) is 3.09. The normalized spacial score (nSPS) is 26.9. The molecule has 3 rings (SSSR count). The van der Waals surface area contributed by atoms with Crippen molar-refractivity contribution in [3.63, 3.8) is 0 Å². The van der Waals surface area contributed by atoms with Crippen LogP contribution in [0.5, 0.6) is 11.5 Å². The van der Waals surface area contributed by atoms with E-state index in [-0.39, 0.29) is 5.78 Å². The van der Waals surface area contributed by atoms with Gasteiger partial charge in [-0.1, -0.05) is 6.42 Å². The van der Waals surface area contributed by atoms with E-state index in [0.717, 1.165) is 11.8 Å². The van der Waals surface area contributed by atoms with E-state index in [4.69, 9.17) is 9.47 Å². The molecular formula is C17H21BrO3. The topological polar surface area (TPSA) is 35.5 Å². The Morgan fingerprint density at radius 1 is 1.24 bits per heavy atom. The molecule has 0 N–H and O–H groups in total. The number of rotatable bonds is 5. The molecule has 21 heavy (non-hydrogen) atoms. The number of hydrogen-bond acceptors (Lipinski definition) is 3. The van der Waals surface area contributed by atoms with Crippen LogP contribution in [0, 0.1) is 17.8 Å². The number of fused-ring (bicyclic) bond motifs is 2. The van der Waals surface area contributed by atoms with Crippen molar-refractivity contribution in [2.45, 2.75) is 32.1 Å². The standard InChI is InChI=1S/C17H21BrO3/c1-20-15-6-5-13(17(21-2)16(15)18)14(19)9-12-8-10-3-4-11(12)7-10/h5-6,10-12H,3-4,7-9H2,1-2H3. The zero-order valence-electron chi connectivity index (χ0n) is 12.5. The summed E-state index contributed by atoms with van der Waals surface area (Å²) in [7, 11) is 3.20. The van der Waals surface area contributed by atoms with Crippen molar-refractivity contribution < 1.29 is 14.3 Å². The van der Waals surface area contributed by atoms with Crippen molar-refractivity contribution in [1.29, 1.82) is 0 Å². The molecular weight excluding hydrogens is 332 g/mol. The lowest BCUT2D eigenvalue weighted by atomic mass is 9.84. The van der Waals surface area contributed by atoms with Gasteiger partial charge in [0.1, 0.15) is 16.0 Å². The number of carbonyl (C=O) groups is 1. The maximum Gasteiger partial charge on any atom is 0.166 e. The average molecular weight is 353 g/mol. The second-order valence-electron chi connectivity index (χ2n) is 6.22. The molecule has 0 radical (unpaired) electrons. The van der Waals surface area contributed by atoms with Crippen LogP contribution < -0.4 is 9.47 Å². The second kappa shape index (κ2) is 5.99. The lowest BCUT2D eigenvalue weighted by molar-refractivity contribution is 0.0941. The van der Waals surface area contributed by atoms with Gasteiger partial charge >= 0.3 is 0 Å². The minimum absolute atomic E-state index is 0.188. The summed E-state index contributed by atoms with van der Waals surface area (Å²) in [5.41, 5.74) is 0.660. The van der Waals surface area contributed by atoms with E-state index in [1.165, 1.54) is 25.7 Å². The fraction of sp³-hybridized carbons (Fsp3) is 0.588. The molecule has 0 heterocycles. The Kier molecular flexibility index (Phi) is 4.25. The van der Waals surface area contributed by atoms with E-state index in [1.54, 1.807) is 14.2 Å². The summed E-state index contributed by atoms with van der Waals surface area (Å²) in [5.74, 6) is 3.67. The van der Waals surface area contributed by atoms with Crippen LogP contribution in [0.25, 0.3) is 0 Å². The van der Waals surface area contributed by atoms with Gasteiger partial charge in [-0.25, -0.2) is 0 Å². The Bertz CT molecular complexity index is 555. The first-order chi connectivity index (χ1) is 10.1. The van der Waals surface area contributed by atoms with Crippen molar-refractivity contribution in [2.24, 2.45) is 17.8 Å². The first-order valence-corrected chi connectivity index (χ1v) is 8.37. The predicted octanol–water partition coefficient (Wildman–Crippen LogP) is 4.48. The molecule has 2 saturated carbocycles. The van der Waals surface area contributed by atoms with Gasteiger partial charge in [-0.15, -0.1) is 0 Å². The number of halogens is 1. The van der Waals surface area contributed by atoms with Crippen LogP contribution in [0.3, 0.4) is 0 Å². The molecule has 0 spiro atoms. The largest absolute Gasteiger partial charge is 0.495 e. The Morgan fingerprint density at radius 3 is 2.62 bits per heavy atom. The molecule has 0 saturated heterocycles. The zero-order valence-corrected chi connectivity index (χ0v) is 14.1. The van der Waals surface area contributed by atoms with Crippen molar-refractivity contribution in [3.05, 3.63) is 22.2 Å². The van der Waals surface area contributed by atoms with E-state index < -0.39 is 0 Å². The molecule has 2 bridgehead atoms. The first-order valence-electron chi connectivity index (χ1n) is 7.57. The highest BCUT2D eigenvalue weighted by molar-refractivity contribution is 9.10. The maximum atomic E-state index is 12.7. The molecule has 114 valence electrons. The van der Waals surface area contributed by atoms with E-state index in [1.807, 2.05) is 12.1 Å². The quantitative estimate of drug-likeness (QED) is 0.733. The number of Topliss-reactive ketones (excluding diaryl/α,β-unsaturated/α-hetero) is 1. The fourth-order valence-corrected chi connectivity index (χ4v) is 4.76. The molecule has 0 aromatic heterocycles. The third-order valence-electron chi connectivity index (χ3n) is 5.12. The lowest BCUT2D eigenvalue weighted by Gasteiger charge is -2.21. The van der Waals surface area contributed by atoms with Crippen LogP contribution in [0.4, 0.5) is 0 Å². The molecule has 2 aliphatic carbocycles. The second-order valence-corrected chi connectivity index (χ2v) is 7.02. The van der Waals surface area contributed by atoms with E-state index >= 15 is 0 Å². The summed E-state index contributed by atoms with van der Waals surface area (Å²) < 4.78 is 11.4. The summed E-state index contributed by atoms with van der Waals surface area (Å²) in [6.07, 6.45) is 5.90. The summed E-state index contributed by atoms with van der Waals surface area (Å²) in [4.78, 5) is 12.7. The Balaban J connectivity index is 1.79. The van der Waals surface area contributed by atoms with E-state index in [9.17, 15) is 4.79 Å². The summed E-state index contributed by atoms with van der Waals surface area (Å²) in [6.45, 7) is 0. The number of benzene rings is 1. The van der Waals surface area contributed by atoms with Crippen LogP contribution in [-0.4, -0.2) is 20.0 Å². The number of ketones is 1. The van der Waals surface area contributed by atoms with E-state index in [2.05, 4.69) is 15.9 Å². The van der Waals surface area contributed by atoms with Crippen LogP contribution in [0.15, 0.2) is 16.6 Å². The van der Waals surface area contributed by atoms with Gasteiger partial charge in [0, 0.05) is 6.42 Å². The molecule has 2 aliphatic rings. The molecule has 1 aromatic rings. The minimum atomic E-state index is 0.188. The maximum absolute atomic E-state index is 12.7. The monoisotopic (exact) mass is 352 g/mol. The minimum Gasteiger partial charge on any atom is -0.495 e. The summed E-state index contributed by atoms with van der Waals surface area (Å²) >= 11 is 3.46. The highest BCUT2D eigenvalue weighted by atomic mass is 79.9. The van der Waals surface area contributed by atoms with E-state index in [0.29, 0.717) is 33.9 Å². The first kappa shape index (κ1) is 14.9. The Morgan fingerprint density at radius 2 is 2.05 bits per heavy atom. The van der Waals surface area contributed by atoms with Gasteiger partial charge in [-0.3, -0.25) is 4.79 Å². The molecule has 2 fully saturated rings. The fourth-order valence-electron chi connectivity index (χ4n) is 4.09. The Labute approximate surface area is 134 Å². The van der Waals surface area contributed by atoms with Gasteiger partial charge in [-0.05, 0) is 65.1 Å². The molecule has 4 heteroatoms. The molecule has 3 nitrogen and oxygen atoms in total. The zero-order chi connectivity index (χ0) is 15.0. The van der Waals surface area contributed by atoms with Crippen molar-refractivity contribution in [1.82, 2.24) is 0 Å². The SMILES string of the molecule is COc1ccc(C(=O)CC2CC3CCC2C3)c(OC)c1Br. The van der Waals surface area contributed by atoms with Gasteiger partial charge < -0.3 is 9.47 Å². The van der Waals surface area contributed by atoms with Gasteiger partial charge in [-0.2, -0.15) is 0 Å². The number of methoxy groups -OCH3 is 2. The highest BCUT2D eigenvalue weighted by Gasteiger charge is 2.40. The predicted molar refractivity (Wildman–Crippen MR) is 85.1 cm³/mol. The van der Waals surface area contributed by atoms with Gasteiger partial charge in [0.2, 0.25) is 0 Å². The molecule has 0 amide bonds. The number of carbonyl (C=O) groups excluding carboxylic acids is 1. The third-order valence-corrected chi connectivity index (χ3v) is 5.87.